The average Bonchev–Trinajstić information content (AvgIpc) is 3.42. The third-order valence-electron chi connectivity index (χ3n) is 6.21. The summed E-state index contributed by atoms with van der Waals surface area (Å²) in [6.45, 7) is 5.08. The van der Waals surface area contributed by atoms with Crippen LogP contribution in [0.25, 0.3) is 0 Å². The van der Waals surface area contributed by atoms with Gasteiger partial charge in [0.1, 0.15) is 18.1 Å². The number of hydrogen-bond donors (Lipinski definition) is 1. The molecule has 1 amide bonds. The Balaban J connectivity index is 1.22. The molecule has 4 aromatic rings. The predicted octanol–water partition coefficient (Wildman–Crippen LogP) is 5.75. The van der Waals surface area contributed by atoms with Crippen LogP contribution in [0.15, 0.2) is 77.3 Å². The van der Waals surface area contributed by atoms with Crippen LogP contribution in [-0.2, 0) is 24.2 Å². The van der Waals surface area contributed by atoms with Crippen LogP contribution in [0.2, 0.25) is 0 Å². The molecular weight excluding hydrogens is 426 g/mol. The number of anilines is 3. The maximum Gasteiger partial charge on any atom is 0.228 e. The summed E-state index contributed by atoms with van der Waals surface area (Å²) in [5.74, 6) is 1.45. The SMILES string of the molecule is Cc1noc(C)c1COc1ccc(CC(=O)Nc2ccccc2N2CCc3ccccc32)cc1. The summed E-state index contributed by atoms with van der Waals surface area (Å²) in [6.07, 6.45) is 1.29. The van der Waals surface area contributed by atoms with Crippen LogP contribution in [0.4, 0.5) is 17.1 Å². The smallest absolute Gasteiger partial charge is 0.228 e. The number of para-hydroxylation sites is 3. The molecule has 34 heavy (non-hydrogen) atoms. The topological polar surface area (TPSA) is 67.6 Å². The fourth-order valence-corrected chi connectivity index (χ4v) is 4.35. The number of rotatable bonds is 7. The van der Waals surface area contributed by atoms with Crippen molar-refractivity contribution >= 4 is 23.0 Å². The van der Waals surface area contributed by atoms with Gasteiger partial charge >= 0.3 is 0 Å². The molecule has 0 saturated carbocycles. The molecule has 1 aliphatic rings. The number of aryl methyl sites for hydroxylation is 2. The number of benzene rings is 3. The van der Waals surface area contributed by atoms with E-state index in [-0.39, 0.29) is 12.3 Å². The van der Waals surface area contributed by atoms with E-state index in [1.807, 2.05) is 56.3 Å². The first kappa shape index (κ1) is 21.8. The van der Waals surface area contributed by atoms with Gasteiger partial charge in [-0.15, -0.1) is 0 Å². The van der Waals surface area contributed by atoms with E-state index in [1.165, 1.54) is 11.3 Å². The highest BCUT2D eigenvalue weighted by atomic mass is 16.5. The average molecular weight is 454 g/mol. The van der Waals surface area contributed by atoms with Gasteiger partial charge in [-0.05, 0) is 61.7 Å². The lowest BCUT2D eigenvalue weighted by Crippen LogP contribution is -2.19. The Morgan fingerprint density at radius 2 is 1.74 bits per heavy atom. The van der Waals surface area contributed by atoms with Crippen LogP contribution in [0.5, 0.6) is 5.75 Å². The molecule has 0 unspecified atom stereocenters. The number of nitrogens with one attached hydrogen (secondary N) is 1. The molecule has 1 aromatic heterocycles. The van der Waals surface area contributed by atoms with Gasteiger partial charge in [-0.2, -0.15) is 0 Å². The van der Waals surface area contributed by atoms with Gasteiger partial charge in [-0.3, -0.25) is 4.79 Å². The van der Waals surface area contributed by atoms with E-state index in [1.54, 1.807) is 0 Å². The van der Waals surface area contributed by atoms with E-state index in [9.17, 15) is 4.79 Å². The summed E-state index contributed by atoms with van der Waals surface area (Å²) >= 11 is 0. The molecule has 0 saturated heterocycles. The summed E-state index contributed by atoms with van der Waals surface area (Å²) in [5, 5.41) is 7.06. The van der Waals surface area contributed by atoms with Crippen molar-refractivity contribution in [1.82, 2.24) is 5.16 Å². The molecule has 172 valence electrons. The zero-order valence-corrected chi connectivity index (χ0v) is 19.4. The van der Waals surface area contributed by atoms with Gasteiger partial charge in [0.05, 0.1) is 29.1 Å². The molecule has 0 radical (unpaired) electrons. The highest BCUT2D eigenvalue weighted by Crippen LogP contribution is 2.38. The molecule has 2 heterocycles. The van der Waals surface area contributed by atoms with Crippen LogP contribution < -0.4 is 15.0 Å². The quantitative estimate of drug-likeness (QED) is 0.386. The molecule has 1 N–H and O–H groups in total. The van der Waals surface area contributed by atoms with Crippen LogP contribution in [-0.4, -0.2) is 17.6 Å². The second-order valence-corrected chi connectivity index (χ2v) is 8.51. The van der Waals surface area contributed by atoms with Gasteiger partial charge in [0, 0.05) is 12.2 Å². The lowest BCUT2D eigenvalue weighted by Gasteiger charge is -2.23. The van der Waals surface area contributed by atoms with E-state index >= 15 is 0 Å². The number of aromatic nitrogens is 1. The number of ether oxygens (including phenoxy) is 1. The minimum absolute atomic E-state index is 0.0516. The third-order valence-corrected chi connectivity index (χ3v) is 6.21. The van der Waals surface area contributed by atoms with Crippen LogP contribution in [0.3, 0.4) is 0 Å². The lowest BCUT2D eigenvalue weighted by molar-refractivity contribution is -0.115. The molecule has 1 aliphatic heterocycles. The molecule has 0 spiro atoms. The molecule has 6 heteroatoms. The minimum Gasteiger partial charge on any atom is -0.489 e. The number of amides is 1. The lowest BCUT2D eigenvalue weighted by atomic mass is 10.1. The number of fused-ring (bicyclic) bond motifs is 1. The van der Waals surface area contributed by atoms with Gasteiger partial charge < -0.3 is 19.5 Å². The zero-order chi connectivity index (χ0) is 23.5. The van der Waals surface area contributed by atoms with Crippen LogP contribution >= 0.6 is 0 Å². The summed E-state index contributed by atoms with van der Waals surface area (Å²) in [7, 11) is 0. The van der Waals surface area contributed by atoms with E-state index in [0.717, 1.165) is 52.7 Å². The molecular formula is C28H27N3O3. The monoisotopic (exact) mass is 453 g/mol. The maximum atomic E-state index is 12.9. The van der Waals surface area contributed by atoms with Crippen molar-refractivity contribution in [2.24, 2.45) is 0 Å². The second kappa shape index (κ2) is 9.43. The first-order valence-corrected chi connectivity index (χ1v) is 11.5. The Morgan fingerprint density at radius 3 is 2.50 bits per heavy atom. The Hall–Kier alpha value is -4.06. The van der Waals surface area contributed by atoms with Crippen molar-refractivity contribution in [1.29, 1.82) is 0 Å². The Labute approximate surface area is 199 Å². The van der Waals surface area contributed by atoms with E-state index < -0.39 is 0 Å². The number of hydrogen-bond acceptors (Lipinski definition) is 5. The van der Waals surface area contributed by atoms with Crippen LogP contribution in [0.1, 0.15) is 28.1 Å². The predicted molar refractivity (Wildman–Crippen MR) is 133 cm³/mol. The van der Waals surface area contributed by atoms with Crippen molar-refractivity contribution in [2.45, 2.75) is 33.3 Å². The highest BCUT2D eigenvalue weighted by Gasteiger charge is 2.22. The minimum atomic E-state index is -0.0516. The normalized spacial score (nSPS) is 12.5. The molecule has 3 aromatic carbocycles. The zero-order valence-electron chi connectivity index (χ0n) is 19.4. The van der Waals surface area contributed by atoms with Gasteiger partial charge in [-0.1, -0.05) is 47.6 Å². The van der Waals surface area contributed by atoms with Gasteiger partial charge in [0.25, 0.3) is 0 Å². The van der Waals surface area contributed by atoms with Crippen molar-refractivity contribution in [2.75, 3.05) is 16.8 Å². The van der Waals surface area contributed by atoms with Gasteiger partial charge in [-0.25, -0.2) is 0 Å². The molecule has 6 nitrogen and oxygen atoms in total. The van der Waals surface area contributed by atoms with Crippen molar-refractivity contribution in [3.05, 3.63) is 101 Å². The van der Waals surface area contributed by atoms with Crippen molar-refractivity contribution < 1.29 is 14.1 Å². The second-order valence-electron chi connectivity index (χ2n) is 8.51. The largest absolute Gasteiger partial charge is 0.489 e. The molecule has 0 fully saturated rings. The Bertz CT molecular complexity index is 1290. The standard InChI is InChI=1S/C28H27N3O3/c1-19-24(20(2)34-30-19)18-33-23-13-11-21(12-14-23)17-28(32)29-25-8-4-6-10-27(25)31-16-15-22-7-3-5-9-26(22)31/h3-14H,15-18H2,1-2H3,(H,29,32). The molecule has 0 bridgehead atoms. The third kappa shape index (κ3) is 4.53. The summed E-state index contributed by atoms with van der Waals surface area (Å²) in [4.78, 5) is 15.1. The van der Waals surface area contributed by atoms with Gasteiger partial charge in [0.15, 0.2) is 0 Å². The maximum absolute atomic E-state index is 12.9. The number of nitrogens with zero attached hydrogens (tertiary/aromatic N) is 2. The molecule has 0 aliphatic carbocycles. The molecule has 5 rings (SSSR count). The summed E-state index contributed by atoms with van der Waals surface area (Å²) in [6, 6.07) is 24.0. The number of carbonyl (C=O) groups is 1. The van der Waals surface area contributed by atoms with E-state index in [2.05, 4.69) is 45.7 Å². The highest BCUT2D eigenvalue weighted by molar-refractivity contribution is 5.96. The fraction of sp³-hybridized carbons (Fsp3) is 0.214. The van der Waals surface area contributed by atoms with Crippen molar-refractivity contribution in [3.8, 4) is 5.75 Å². The van der Waals surface area contributed by atoms with E-state index in [0.29, 0.717) is 6.61 Å². The molecule has 0 atom stereocenters. The summed E-state index contributed by atoms with van der Waals surface area (Å²) in [5.41, 5.74) is 7.10. The van der Waals surface area contributed by atoms with E-state index in [4.69, 9.17) is 9.26 Å². The first-order valence-electron chi connectivity index (χ1n) is 11.5. The Morgan fingerprint density at radius 1 is 1.00 bits per heavy atom. The summed E-state index contributed by atoms with van der Waals surface area (Å²) < 4.78 is 11.0. The number of carbonyl (C=O) groups excluding carboxylic acids is 1. The van der Waals surface area contributed by atoms with Crippen LogP contribution in [0, 0.1) is 13.8 Å². The first-order chi connectivity index (χ1) is 16.6. The van der Waals surface area contributed by atoms with Gasteiger partial charge in [0.2, 0.25) is 5.91 Å². The Kier molecular flexibility index (Phi) is 6.04. The van der Waals surface area contributed by atoms with Crippen molar-refractivity contribution in [3.63, 3.8) is 0 Å². The fourth-order valence-electron chi connectivity index (χ4n) is 4.35.